The molecular formula is C53H58IN12O12S2+. The van der Waals surface area contributed by atoms with Gasteiger partial charge in [0, 0.05) is 46.7 Å². The van der Waals surface area contributed by atoms with Crippen LogP contribution in [0.3, 0.4) is 0 Å². The molecule has 0 saturated carbocycles. The van der Waals surface area contributed by atoms with Crippen molar-refractivity contribution in [2.75, 3.05) is 71.2 Å². The van der Waals surface area contributed by atoms with Crippen LogP contribution in [-0.4, -0.2) is 166 Å². The lowest BCUT2D eigenvalue weighted by Crippen LogP contribution is -2.58. The summed E-state index contributed by atoms with van der Waals surface area (Å²) in [7, 11) is 0. The summed E-state index contributed by atoms with van der Waals surface area (Å²) in [6.07, 6.45) is 11.1. The third kappa shape index (κ3) is 13.0. The van der Waals surface area contributed by atoms with E-state index in [1.807, 2.05) is 46.7 Å². The van der Waals surface area contributed by atoms with Gasteiger partial charge in [0.25, 0.3) is 28.6 Å². The van der Waals surface area contributed by atoms with Gasteiger partial charge in [-0.05, 0) is 123 Å². The fourth-order valence-corrected chi connectivity index (χ4v) is 11.8. The average molecular weight is 1250 g/mol. The standard InChI is InChI=1S/C53H57IN12O12S2/c1-5-61-47(70)37(13-9-19-59-23-33(4)60(24-32(59)3)20-10-14-38-48(71)62(6-2)53(75)64(50(38)73)26-45(68)69)49(72)63(52(61)74)25-42(67)58-28-76-30-78-31-77-29-66-39-21-35(54)16-18-40(39)79-44(66)22-43-65(27-57-51(55)56)46-36-12-8-7-11-34(36)15-17-41(46)80-43/h7-22,32-33H,5-6,23-31H2,1-4H3,(H5-,55,56,57,58,67,68,69)/p+1. The number of hydrogen-bond donors (Lipinski definition) is 4. The zero-order valence-corrected chi connectivity index (χ0v) is 47.8. The Morgan fingerprint density at radius 1 is 0.787 bits per heavy atom. The number of carboxylic acids is 1. The van der Waals surface area contributed by atoms with Crippen molar-refractivity contribution in [3.63, 3.8) is 0 Å². The van der Waals surface area contributed by atoms with Crippen molar-refractivity contribution in [3.05, 3.63) is 116 Å². The number of anilines is 1. The first-order chi connectivity index (χ1) is 38.4. The summed E-state index contributed by atoms with van der Waals surface area (Å²) in [6, 6.07) is 16.4. The van der Waals surface area contributed by atoms with Crippen molar-refractivity contribution in [2.24, 2.45) is 16.5 Å². The first-order valence-electron chi connectivity index (χ1n) is 25.1. The summed E-state index contributed by atoms with van der Waals surface area (Å²) in [5.74, 6) is -5.73. The van der Waals surface area contributed by atoms with Gasteiger partial charge in [-0.3, -0.25) is 38.6 Å². The molecular weight excluding hydrogens is 1190 g/mol. The number of nitrogens with zero attached hydrogens (tertiary/aromatic N) is 9. The Bertz CT molecular complexity index is 3340. The molecule has 0 spiro atoms. The third-order valence-corrected chi connectivity index (χ3v) is 16.0. The maximum absolute atomic E-state index is 13.6. The molecule has 0 radical (unpaired) electrons. The molecule has 0 bridgehead atoms. The Morgan fingerprint density at radius 2 is 1.39 bits per heavy atom. The van der Waals surface area contributed by atoms with Crippen LogP contribution in [0.2, 0.25) is 0 Å². The molecule has 3 saturated heterocycles. The highest BCUT2D eigenvalue weighted by atomic mass is 127. The molecule has 24 nitrogen and oxygen atoms in total. The van der Waals surface area contributed by atoms with Gasteiger partial charge in [0.2, 0.25) is 18.1 Å². The minimum absolute atomic E-state index is 0.0183. The number of urea groups is 2. The Labute approximate surface area is 481 Å². The van der Waals surface area contributed by atoms with Gasteiger partial charge in [0.05, 0.1) is 22.2 Å². The van der Waals surface area contributed by atoms with E-state index >= 15 is 0 Å². The molecule has 1 aromatic heterocycles. The van der Waals surface area contributed by atoms with Crippen LogP contribution in [0.1, 0.15) is 32.7 Å². The number of fused-ring (bicyclic) bond motifs is 4. The van der Waals surface area contributed by atoms with Gasteiger partial charge in [0.1, 0.15) is 42.4 Å². The lowest BCUT2D eigenvalue weighted by molar-refractivity contribution is -0.666. The van der Waals surface area contributed by atoms with Gasteiger partial charge in [-0.15, -0.1) is 0 Å². The Balaban J connectivity index is 0.820. The van der Waals surface area contributed by atoms with Crippen molar-refractivity contribution in [2.45, 2.75) is 51.3 Å². The summed E-state index contributed by atoms with van der Waals surface area (Å²) in [5.41, 5.74) is 12.9. The molecule has 9 amide bonds. The number of likely N-dealkylation sites (N-methyl/N-ethyl adjacent to an activating group) is 2. The molecule has 2 atom stereocenters. The molecule has 8 rings (SSSR count). The number of halogens is 1. The number of aromatic nitrogens is 1. The molecule has 5 heterocycles. The van der Waals surface area contributed by atoms with Gasteiger partial charge < -0.3 is 50.8 Å². The molecule has 27 heteroatoms. The number of aliphatic imine (C=N–C) groups is 1. The van der Waals surface area contributed by atoms with Crippen LogP contribution in [0.15, 0.2) is 117 Å². The van der Waals surface area contributed by atoms with Crippen LogP contribution in [0.25, 0.3) is 27.1 Å². The van der Waals surface area contributed by atoms with Crippen molar-refractivity contribution in [3.8, 4) is 0 Å². The van der Waals surface area contributed by atoms with Gasteiger partial charge in [-0.25, -0.2) is 19.4 Å². The Hall–Kier alpha value is -7.70. The van der Waals surface area contributed by atoms with E-state index in [1.165, 1.54) is 31.2 Å². The van der Waals surface area contributed by atoms with Crippen LogP contribution >= 0.6 is 45.7 Å². The van der Waals surface area contributed by atoms with Crippen LogP contribution in [0.4, 0.5) is 15.3 Å². The maximum atomic E-state index is 13.6. The highest BCUT2D eigenvalue weighted by Gasteiger charge is 2.43. The maximum Gasteiger partial charge on any atom is 0.334 e. The number of carbonyl (C=O) groups excluding carboxylic acids is 7. The minimum Gasteiger partial charge on any atom is -0.480 e. The van der Waals surface area contributed by atoms with E-state index in [2.05, 4.69) is 79.9 Å². The Morgan fingerprint density at radius 3 is 2.00 bits per heavy atom. The van der Waals surface area contributed by atoms with E-state index in [0.29, 0.717) is 22.9 Å². The fraction of sp³-hybridized carbons (Fsp3) is 0.321. The lowest BCUT2D eigenvalue weighted by atomic mass is 10.1. The second kappa shape index (κ2) is 26.1. The van der Waals surface area contributed by atoms with Crippen LogP contribution in [0.5, 0.6) is 0 Å². The number of ether oxygens (including phenoxy) is 3. The zero-order valence-electron chi connectivity index (χ0n) is 44.0. The van der Waals surface area contributed by atoms with Gasteiger partial charge >= 0.3 is 18.0 Å². The predicted molar refractivity (Wildman–Crippen MR) is 305 cm³/mol. The predicted octanol–water partition coefficient (Wildman–Crippen LogP) is 4.07. The minimum atomic E-state index is -1.40. The number of aliphatic carboxylic acids is 1. The zero-order chi connectivity index (χ0) is 57.4. The molecule has 2 unspecified atom stereocenters. The molecule has 420 valence electrons. The average Bonchev–Trinajstić information content (AvgIpc) is 4.02. The number of carboxylic acid groups (broad SMARTS) is 1. The normalized spacial score (nSPS) is 19.7. The fourth-order valence-electron chi connectivity index (χ4n) is 9.10. The number of rotatable bonds is 21. The molecule has 4 aliphatic heterocycles. The number of allylic oxidation sites excluding steroid dienone is 4. The van der Waals surface area contributed by atoms with Crippen molar-refractivity contribution in [1.29, 1.82) is 0 Å². The Kier molecular flexibility index (Phi) is 19.0. The quantitative estimate of drug-likeness (QED) is 0.0134. The van der Waals surface area contributed by atoms with Crippen LogP contribution in [0, 0.1) is 3.57 Å². The number of barbiturate groups is 2. The van der Waals surface area contributed by atoms with Crippen molar-refractivity contribution < 1.29 is 62.2 Å². The summed E-state index contributed by atoms with van der Waals surface area (Å²) in [5, 5.41) is 15.7. The summed E-state index contributed by atoms with van der Waals surface area (Å²) in [4.78, 5) is 117. The molecule has 80 heavy (non-hydrogen) atoms. The van der Waals surface area contributed by atoms with E-state index in [9.17, 15) is 43.5 Å². The van der Waals surface area contributed by atoms with E-state index in [4.69, 9.17) is 25.7 Å². The second-order valence-electron chi connectivity index (χ2n) is 18.3. The number of amides is 9. The highest BCUT2D eigenvalue weighted by Crippen LogP contribution is 2.47. The third-order valence-electron chi connectivity index (χ3n) is 13.1. The summed E-state index contributed by atoms with van der Waals surface area (Å²) in [6.45, 7) is 5.82. The number of piperazine rings is 1. The molecule has 6 N–H and O–H groups in total. The van der Waals surface area contributed by atoms with Gasteiger partial charge in [-0.1, -0.05) is 47.4 Å². The number of hydrogen-bond acceptors (Lipinski definition) is 17. The highest BCUT2D eigenvalue weighted by molar-refractivity contribution is 14.1. The number of benzene rings is 3. The number of thiazole rings is 1. The number of thioether (sulfide) groups is 1. The lowest BCUT2D eigenvalue weighted by Gasteiger charge is -2.43. The van der Waals surface area contributed by atoms with Crippen LogP contribution < -0.4 is 26.3 Å². The van der Waals surface area contributed by atoms with E-state index < -0.39 is 60.7 Å². The largest absolute Gasteiger partial charge is 0.480 e. The monoisotopic (exact) mass is 1250 g/mol. The molecule has 4 aliphatic rings. The number of carbonyl (C=O) groups is 8. The number of guanidine groups is 1. The van der Waals surface area contributed by atoms with E-state index in [1.54, 1.807) is 42.4 Å². The van der Waals surface area contributed by atoms with E-state index in [0.717, 1.165) is 55.0 Å². The number of imide groups is 4. The first-order valence-corrected chi connectivity index (χ1v) is 27.8. The SMILES string of the molecule is CCN1C(=O)C(=CC=CN2CC(C)N(C=CC=C3C(=O)N(CC)C(=O)N(CC(=O)NCOCOCOCN4/C(=C/c5sc6ccc7ccccc7c6[n+]5CN=C(N)N)Sc5ccc(I)cc54)C3=O)CC2C)C(=O)N(CC(=O)O)C1=O. The topological polar surface area (TPSA) is 287 Å². The summed E-state index contributed by atoms with van der Waals surface area (Å²) < 4.78 is 21.2. The molecule has 3 aromatic carbocycles. The number of nitrogens with one attached hydrogen (secondary N) is 1. The molecule has 4 aromatic rings. The summed E-state index contributed by atoms with van der Waals surface area (Å²) >= 11 is 5.49. The van der Waals surface area contributed by atoms with Crippen molar-refractivity contribution >= 4 is 132 Å². The number of nitrogens with two attached hydrogens (primary N) is 2. The van der Waals surface area contributed by atoms with Gasteiger partial charge in [-0.2, -0.15) is 9.56 Å². The van der Waals surface area contributed by atoms with Crippen molar-refractivity contribution in [1.82, 2.24) is 34.7 Å². The smallest absolute Gasteiger partial charge is 0.334 e. The van der Waals surface area contributed by atoms with Gasteiger partial charge in [0.15, 0.2) is 19.5 Å². The first kappa shape index (κ1) is 58.4. The van der Waals surface area contributed by atoms with Crippen LogP contribution in [-0.2, 0) is 49.6 Å². The molecule has 0 aliphatic carbocycles. The molecule has 3 fully saturated rings. The van der Waals surface area contributed by atoms with E-state index in [-0.39, 0.29) is 76.0 Å². The second-order valence-corrected chi connectivity index (χ2v) is 21.7.